The van der Waals surface area contributed by atoms with Crippen molar-refractivity contribution in [2.45, 2.75) is 6.92 Å². The Hall–Kier alpha value is -2.03. The Balaban J connectivity index is 0.000000221. The van der Waals surface area contributed by atoms with Crippen LogP contribution in [0.2, 0.25) is 0 Å². The predicted octanol–water partition coefficient (Wildman–Crippen LogP) is 2.60. The summed E-state index contributed by atoms with van der Waals surface area (Å²) in [5.41, 5.74) is 6.45. The molecule has 2 aromatic carbocycles. The van der Waals surface area contributed by atoms with Gasteiger partial charge in [0.15, 0.2) is 0 Å². The molecule has 0 radical (unpaired) electrons. The van der Waals surface area contributed by atoms with Crippen LogP contribution in [-0.4, -0.2) is 13.1 Å². The molecule has 0 bridgehead atoms. The summed E-state index contributed by atoms with van der Waals surface area (Å²) in [7, 11) is 1.35. The van der Waals surface area contributed by atoms with E-state index in [0.29, 0.717) is 0 Å². The lowest BCUT2D eigenvalue weighted by Gasteiger charge is -1.96. The van der Waals surface area contributed by atoms with Crippen molar-refractivity contribution >= 4 is 22.4 Å². The van der Waals surface area contributed by atoms with Crippen LogP contribution in [0.5, 0.6) is 0 Å². The zero-order valence-corrected chi connectivity index (χ0v) is 9.44. The van der Waals surface area contributed by atoms with E-state index in [4.69, 9.17) is 5.73 Å². The number of hydrogen-bond acceptors (Lipinski definition) is 3. The minimum absolute atomic E-state index is 0.245. The average Bonchev–Trinajstić information content (AvgIpc) is 2.29. The third-order valence-electron chi connectivity index (χ3n) is 2.06. The summed E-state index contributed by atoms with van der Waals surface area (Å²) in [6.45, 7) is 1.36. The highest BCUT2D eigenvalue weighted by molar-refractivity contribution is 5.85. The van der Waals surface area contributed by atoms with Gasteiger partial charge in [0.05, 0.1) is 7.11 Å². The standard InChI is InChI=1S/C10H9N.C3H6O2/c11-10-6-5-8-3-1-2-4-9(8)7-10;1-3(4)5-2/h1-7H,11H2;1-2H3. The molecule has 2 N–H and O–H groups in total. The van der Waals surface area contributed by atoms with E-state index in [1.165, 1.54) is 24.8 Å². The Morgan fingerprint density at radius 3 is 2.25 bits per heavy atom. The molecule has 0 saturated heterocycles. The van der Waals surface area contributed by atoms with Gasteiger partial charge in [0, 0.05) is 12.6 Å². The highest BCUT2D eigenvalue weighted by atomic mass is 16.5. The number of hydrogen-bond donors (Lipinski definition) is 1. The SMILES string of the molecule is COC(C)=O.Nc1ccc2ccccc2c1. The molecule has 2 rings (SSSR count). The van der Waals surface area contributed by atoms with Crippen molar-refractivity contribution in [3.8, 4) is 0 Å². The van der Waals surface area contributed by atoms with Crippen molar-refractivity contribution in [2.75, 3.05) is 12.8 Å². The van der Waals surface area contributed by atoms with Gasteiger partial charge in [-0.2, -0.15) is 0 Å². The topological polar surface area (TPSA) is 52.3 Å². The van der Waals surface area contributed by atoms with Crippen molar-refractivity contribution in [3.63, 3.8) is 0 Å². The maximum absolute atomic E-state index is 9.59. The van der Waals surface area contributed by atoms with Crippen LogP contribution in [0.1, 0.15) is 6.92 Å². The van der Waals surface area contributed by atoms with Crippen LogP contribution >= 0.6 is 0 Å². The van der Waals surface area contributed by atoms with E-state index in [-0.39, 0.29) is 5.97 Å². The van der Waals surface area contributed by atoms with Gasteiger partial charge in [0.1, 0.15) is 0 Å². The van der Waals surface area contributed by atoms with Gasteiger partial charge in [0.25, 0.3) is 0 Å². The number of carbonyl (C=O) groups is 1. The number of fused-ring (bicyclic) bond motifs is 1. The zero-order valence-electron chi connectivity index (χ0n) is 9.44. The molecule has 84 valence electrons. The molecule has 0 aromatic heterocycles. The van der Waals surface area contributed by atoms with E-state index in [2.05, 4.69) is 16.9 Å². The first-order valence-corrected chi connectivity index (χ1v) is 4.92. The fourth-order valence-electron chi connectivity index (χ4n) is 1.21. The summed E-state index contributed by atoms with van der Waals surface area (Å²) >= 11 is 0. The Labute approximate surface area is 94.8 Å². The highest BCUT2D eigenvalue weighted by Crippen LogP contribution is 2.15. The third kappa shape index (κ3) is 3.61. The molecule has 2 aromatic rings. The molecule has 0 aliphatic heterocycles. The maximum Gasteiger partial charge on any atom is 0.302 e. The second-order valence-corrected chi connectivity index (χ2v) is 3.30. The van der Waals surface area contributed by atoms with Crippen molar-refractivity contribution in [3.05, 3.63) is 42.5 Å². The summed E-state index contributed by atoms with van der Waals surface area (Å²) in [5.74, 6) is -0.245. The molecule has 0 saturated carbocycles. The Kier molecular flexibility index (Phi) is 4.33. The number of ether oxygens (including phenoxy) is 1. The molecular weight excluding hydrogens is 202 g/mol. The van der Waals surface area contributed by atoms with Crippen LogP contribution < -0.4 is 5.73 Å². The van der Waals surface area contributed by atoms with Crippen molar-refractivity contribution in [1.29, 1.82) is 0 Å². The summed E-state index contributed by atoms with van der Waals surface area (Å²) in [6, 6.07) is 14.1. The van der Waals surface area contributed by atoms with Gasteiger partial charge < -0.3 is 10.5 Å². The lowest BCUT2D eigenvalue weighted by molar-refractivity contribution is -0.137. The second kappa shape index (κ2) is 5.75. The van der Waals surface area contributed by atoms with Crippen LogP contribution in [0.25, 0.3) is 10.8 Å². The number of anilines is 1. The number of nitrogen functional groups attached to an aromatic ring is 1. The van der Waals surface area contributed by atoms with Crippen LogP contribution in [0.3, 0.4) is 0 Å². The molecule has 3 heteroatoms. The molecule has 0 amide bonds. The average molecular weight is 217 g/mol. The summed E-state index contributed by atoms with van der Waals surface area (Å²) in [4.78, 5) is 9.59. The molecule has 0 spiro atoms. The Morgan fingerprint density at radius 2 is 1.69 bits per heavy atom. The summed E-state index contributed by atoms with van der Waals surface area (Å²) in [6.07, 6.45) is 0. The molecular formula is C13H15NO2. The number of methoxy groups -OCH3 is 1. The largest absolute Gasteiger partial charge is 0.469 e. The van der Waals surface area contributed by atoms with E-state index >= 15 is 0 Å². The third-order valence-corrected chi connectivity index (χ3v) is 2.06. The molecule has 0 unspecified atom stereocenters. The fraction of sp³-hybridized carbons (Fsp3) is 0.154. The lowest BCUT2D eigenvalue weighted by Crippen LogP contribution is -1.88. The van der Waals surface area contributed by atoms with E-state index in [9.17, 15) is 4.79 Å². The lowest BCUT2D eigenvalue weighted by atomic mass is 10.1. The van der Waals surface area contributed by atoms with Gasteiger partial charge in [-0.1, -0.05) is 30.3 Å². The van der Waals surface area contributed by atoms with E-state index < -0.39 is 0 Å². The molecule has 0 atom stereocenters. The minimum Gasteiger partial charge on any atom is -0.469 e. The van der Waals surface area contributed by atoms with Crippen molar-refractivity contribution in [2.24, 2.45) is 0 Å². The first-order valence-electron chi connectivity index (χ1n) is 4.92. The highest BCUT2D eigenvalue weighted by Gasteiger charge is 1.89. The van der Waals surface area contributed by atoms with Crippen LogP contribution in [0.4, 0.5) is 5.69 Å². The molecule has 16 heavy (non-hydrogen) atoms. The molecule has 0 aliphatic rings. The second-order valence-electron chi connectivity index (χ2n) is 3.30. The summed E-state index contributed by atoms with van der Waals surface area (Å²) in [5, 5.41) is 2.44. The molecule has 0 heterocycles. The van der Waals surface area contributed by atoms with Gasteiger partial charge in [-0.25, -0.2) is 0 Å². The van der Waals surface area contributed by atoms with E-state index in [1.54, 1.807) is 0 Å². The number of nitrogens with two attached hydrogens (primary N) is 1. The fourth-order valence-corrected chi connectivity index (χ4v) is 1.21. The van der Waals surface area contributed by atoms with Gasteiger partial charge >= 0.3 is 5.97 Å². The van der Waals surface area contributed by atoms with Crippen LogP contribution in [0.15, 0.2) is 42.5 Å². The van der Waals surface area contributed by atoms with Gasteiger partial charge in [0.2, 0.25) is 0 Å². The van der Waals surface area contributed by atoms with Gasteiger partial charge in [-0.3, -0.25) is 4.79 Å². The smallest absolute Gasteiger partial charge is 0.302 e. The van der Waals surface area contributed by atoms with E-state index in [1.807, 2.05) is 30.3 Å². The Morgan fingerprint density at radius 1 is 1.12 bits per heavy atom. The minimum atomic E-state index is -0.245. The van der Waals surface area contributed by atoms with Crippen LogP contribution in [0, 0.1) is 0 Å². The Bertz CT molecular complexity index is 480. The molecule has 0 aliphatic carbocycles. The predicted molar refractivity (Wildman–Crippen MR) is 66.1 cm³/mol. The normalized spacial score (nSPS) is 9.12. The number of rotatable bonds is 0. The zero-order chi connectivity index (χ0) is 12.0. The monoisotopic (exact) mass is 217 g/mol. The van der Waals surface area contributed by atoms with Crippen molar-refractivity contribution in [1.82, 2.24) is 0 Å². The van der Waals surface area contributed by atoms with Crippen LogP contribution in [-0.2, 0) is 9.53 Å². The van der Waals surface area contributed by atoms with Crippen molar-refractivity contribution < 1.29 is 9.53 Å². The quantitative estimate of drug-likeness (QED) is 0.545. The molecule has 3 nitrogen and oxygen atoms in total. The first kappa shape index (κ1) is 12.0. The van der Waals surface area contributed by atoms with Gasteiger partial charge in [-0.15, -0.1) is 0 Å². The number of esters is 1. The number of benzene rings is 2. The molecule has 0 fully saturated rings. The van der Waals surface area contributed by atoms with E-state index in [0.717, 1.165) is 5.69 Å². The first-order chi connectivity index (χ1) is 7.63. The maximum atomic E-state index is 9.59. The number of carbonyl (C=O) groups excluding carboxylic acids is 1. The summed E-state index contributed by atoms with van der Waals surface area (Å²) < 4.78 is 4.11. The van der Waals surface area contributed by atoms with Gasteiger partial charge in [-0.05, 0) is 22.9 Å².